The summed E-state index contributed by atoms with van der Waals surface area (Å²) in [7, 11) is 0. The molecule has 8 saturated carbocycles. The SMILES string of the molecule is Clc1ccc(-c2ccc(-c3ccc(-c4cccc5c4-c4ccccc4C54C5CC6CC(C5)CC4C6)cc3)cc2)cc1.c1ccc(N(c2ccccc2)c2ccc(-c3ccc(-c4ccc(-c5cccc6c5-c5ccccc5C65C6CC7CC(C6)CC5C7)cc4)cc3)cc2)cc1.c1ccc(Nc2ccccc2)cc1. The number of halogens is 1. The Kier molecular flexibility index (Phi) is 16.8. The van der Waals surface area contributed by atoms with Crippen LogP contribution in [0.4, 0.5) is 28.4 Å². The summed E-state index contributed by atoms with van der Waals surface area (Å²) >= 11 is 6.08. The fourth-order valence-electron chi connectivity index (χ4n) is 22.5. The molecule has 2 nitrogen and oxygen atoms in total. The highest BCUT2D eigenvalue weighted by Crippen LogP contribution is 2.72. The van der Waals surface area contributed by atoms with E-state index >= 15 is 0 Å². The molecule has 0 unspecified atom stereocenters. The Labute approximate surface area is 636 Å². The van der Waals surface area contributed by atoms with Crippen LogP contribution >= 0.6 is 11.6 Å². The summed E-state index contributed by atoms with van der Waals surface area (Å²) in [5.41, 5.74) is 33.9. The molecule has 107 heavy (non-hydrogen) atoms. The van der Waals surface area contributed by atoms with E-state index in [4.69, 9.17) is 11.6 Å². The fourth-order valence-corrected chi connectivity index (χ4v) is 22.7. The molecule has 1 N–H and O–H groups in total. The molecule has 10 aliphatic rings. The van der Waals surface area contributed by atoms with Crippen LogP contribution in [0.5, 0.6) is 0 Å². The monoisotopic (exact) mass is 1400 g/mol. The highest BCUT2D eigenvalue weighted by atomic mass is 35.5. The van der Waals surface area contributed by atoms with Crippen molar-refractivity contribution in [3.63, 3.8) is 0 Å². The van der Waals surface area contributed by atoms with Gasteiger partial charge in [0.1, 0.15) is 0 Å². The van der Waals surface area contributed by atoms with Crippen LogP contribution in [0.25, 0.3) is 89.0 Å². The summed E-state index contributed by atoms with van der Waals surface area (Å²) in [6.45, 7) is 0. The average Bonchev–Trinajstić information content (AvgIpc) is 1.55. The topological polar surface area (TPSA) is 15.3 Å². The Bertz CT molecular complexity index is 5380. The van der Waals surface area contributed by atoms with Crippen molar-refractivity contribution >= 4 is 40.0 Å². The lowest BCUT2D eigenvalue weighted by Crippen LogP contribution is -2.55. The van der Waals surface area contributed by atoms with Gasteiger partial charge in [0.25, 0.3) is 0 Å². The molecule has 10 aliphatic carbocycles. The molecule has 3 heteroatoms. The van der Waals surface area contributed by atoms with Crippen LogP contribution in [-0.4, -0.2) is 0 Å². The van der Waals surface area contributed by atoms with Gasteiger partial charge in [-0.1, -0.05) is 291 Å². The van der Waals surface area contributed by atoms with Crippen LogP contribution in [-0.2, 0) is 10.8 Å². The van der Waals surface area contributed by atoms with E-state index < -0.39 is 0 Å². The predicted molar refractivity (Wildman–Crippen MR) is 448 cm³/mol. The maximum atomic E-state index is 6.08. The van der Waals surface area contributed by atoms with Crippen LogP contribution in [0.3, 0.4) is 0 Å². The maximum absolute atomic E-state index is 6.08. The Morgan fingerprint density at radius 1 is 0.224 bits per heavy atom. The number of hydrogen-bond donors (Lipinski definition) is 1. The lowest BCUT2D eigenvalue weighted by atomic mass is 9.43. The zero-order chi connectivity index (χ0) is 71.0. The van der Waals surface area contributed by atoms with Gasteiger partial charge in [0.15, 0.2) is 0 Å². The third kappa shape index (κ3) is 11.5. The van der Waals surface area contributed by atoms with Crippen LogP contribution in [0.2, 0.25) is 5.02 Å². The van der Waals surface area contributed by atoms with E-state index in [0.717, 1.165) is 80.8 Å². The molecule has 0 heterocycles. The summed E-state index contributed by atoms with van der Waals surface area (Å²) in [6.07, 6.45) is 14.4. The molecule has 0 radical (unpaired) electrons. The first-order chi connectivity index (χ1) is 52.9. The van der Waals surface area contributed by atoms with Crippen molar-refractivity contribution in [1.82, 2.24) is 0 Å². The van der Waals surface area contributed by atoms with Gasteiger partial charge < -0.3 is 10.2 Å². The molecule has 0 saturated heterocycles. The van der Waals surface area contributed by atoms with Gasteiger partial charge in [-0.2, -0.15) is 0 Å². The molecule has 0 aliphatic heterocycles. The smallest absolute Gasteiger partial charge is 0.0462 e. The van der Waals surface area contributed by atoms with Crippen molar-refractivity contribution in [2.45, 2.75) is 75.0 Å². The Morgan fingerprint density at radius 2 is 0.477 bits per heavy atom. The van der Waals surface area contributed by atoms with Gasteiger partial charge in [-0.25, -0.2) is 0 Å². The van der Waals surface area contributed by atoms with Gasteiger partial charge in [-0.15, -0.1) is 0 Å². The first kappa shape index (κ1) is 65.5. The van der Waals surface area contributed by atoms with Crippen LogP contribution < -0.4 is 10.2 Å². The highest BCUT2D eigenvalue weighted by molar-refractivity contribution is 6.30. The van der Waals surface area contributed by atoms with E-state index in [1.54, 1.807) is 22.3 Å². The minimum absolute atomic E-state index is 0.209. The van der Waals surface area contributed by atoms with Gasteiger partial charge in [0, 0.05) is 44.3 Å². The summed E-state index contributed by atoms with van der Waals surface area (Å²) in [4.78, 5) is 2.31. The second-order valence-electron chi connectivity index (χ2n) is 32.1. The Morgan fingerprint density at radius 3 is 0.813 bits per heavy atom. The quantitative estimate of drug-likeness (QED) is 0.139. The zero-order valence-electron chi connectivity index (χ0n) is 60.5. The third-order valence-electron chi connectivity index (χ3n) is 26.5. The second kappa shape index (κ2) is 27.4. The number of rotatable bonds is 11. The van der Waals surface area contributed by atoms with E-state index in [-0.39, 0.29) is 10.8 Å². The second-order valence-corrected chi connectivity index (χ2v) is 32.6. The fraction of sp³-hybridized carbons (Fsp3) is 0.192. The molecular weight excluding hydrogens is 1310 g/mol. The molecule has 8 bridgehead atoms. The number of anilines is 5. The number of hydrogen-bond acceptors (Lipinski definition) is 2. The van der Waals surface area contributed by atoms with Gasteiger partial charge in [-0.05, 0) is 296 Å². The van der Waals surface area contributed by atoms with E-state index in [0.29, 0.717) is 0 Å². The maximum Gasteiger partial charge on any atom is 0.0462 e. The first-order valence-corrected chi connectivity index (χ1v) is 39.8. The van der Waals surface area contributed by atoms with Crippen molar-refractivity contribution in [2.75, 3.05) is 10.2 Å². The number of benzene rings is 14. The van der Waals surface area contributed by atoms with Gasteiger partial charge >= 0.3 is 0 Å². The minimum atomic E-state index is 0.209. The van der Waals surface area contributed by atoms with Gasteiger partial charge in [0.2, 0.25) is 0 Å². The minimum Gasteiger partial charge on any atom is -0.356 e. The lowest BCUT2D eigenvalue weighted by Gasteiger charge is -2.61. The Hall–Kier alpha value is -11.0. The van der Waals surface area contributed by atoms with Crippen LogP contribution in [0.1, 0.15) is 86.5 Å². The van der Waals surface area contributed by atoms with Crippen LogP contribution in [0.15, 0.2) is 352 Å². The summed E-state index contributed by atoms with van der Waals surface area (Å²) < 4.78 is 0. The molecule has 14 aromatic rings. The molecule has 0 atom stereocenters. The molecular formula is C104H87ClN2. The van der Waals surface area contributed by atoms with E-state index in [2.05, 4.69) is 289 Å². The van der Waals surface area contributed by atoms with Crippen molar-refractivity contribution in [1.29, 1.82) is 0 Å². The average molecular weight is 1400 g/mol. The molecule has 8 fully saturated rings. The molecule has 520 valence electrons. The number of nitrogens with one attached hydrogen (secondary N) is 1. The van der Waals surface area contributed by atoms with Gasteiger partial charge in [-0.3, -0.25) is 0 Å². The Balaban J connectivity index is 0.000000123. The van der Waals surface area contributed by atoms with E-state index in [1.165, 1.54) is 153 Å². The largest absolute Gasteiger partial charge is 0.356 e. The summed E-state index contributed by atoms with van der Waals surface area (Å²) in [6, 6.07) is 128. The normalized spacial score (nSPS) is 22.9. The predicted octanol–water partition coefficient (Wildman–Crippen LogP) is 28.4. The number of fused-ring (bicyclic) bond motifs is 6. The van der Waals surface area contributed by atoms with Gasteiger partial charge in [0.05, 0.1) is 0 Å². The lowest BCUT2D eigenvalue weighted by molar-refractivity contribution is -0.0399. The molecule has 14 aromatic carbocycles. The zero-order valence-corrected chi connectivity index (χ0v) is 61.3. The van der Waals surface area contributed by atoms with E-state index in [1.807, 2.05) is 72.8 Å². The van der Waals surface area contributed by atoms with Crippen molar-refractivity contribution < 1.29 is 0 Å². The molecule has 24 rings (SSSR count). The molecule has 0 amide bonds. The molecule has 2 spiro atoms. The third-order valence-corrected chi connectivity index (χ3v) is 26.7. The number of nitrogens with zero attached hydrogens (tertiary/aromatic N) is 1. The van der Waals surface area contributed by atoms with Crippen molar-refractivity contribution in [2.24, 2.45) is 47.3 Å². The summed E-state index contributed by atoms with van der Waals surface area (Å²) in [5.74, 6) is 7.03. The van der Waals surface area contributed by atoms with Crippen molar-refractivity contribution in [3.8, 4) is 89.0 Å². The van der Waals surface area contributed by atoms with E-state index in [9.17, 15) is 0 Å². The van der Waals surface area contributed by atoms with Crippen LogP contribution in [0, 0.1) is 47.3 Å². The molecule has 0 aromatic heterocycles. The first-order valence-electron chi connectivity index (χ1n) is 39.4. The highest BCUT2D eigenvalue weighted by Gasteiger charge is 2.63. The number of para-hydroxylation sites is 4. The van der Waals surface area contributed by atoms with Crippen molar-refractivity contribution in [3.05, 3.63) is 379 Å². The summed E-state index contributed by atoms with van der Waals surface area (Å²) in [5, 5.41) is 4.07. The standard InChI is InChI=1S/C52H43N.C40H33Cl.C12H11N/c1-3-10-44(11-4-1)53(45-12-5-2-6-13-45)46-28-26-40(27-29-46)38-20-18-37(19-21-38)39-22-24-41(25-23-39)47-15-9-17-50-51(47)48-14-7-8-16-49(48)52(50)42-31-35-30-36(33-42)34-43(52)32-35;41-34-18-16-30(17-19-34)28-10-8-27(9-11-28)29-12-14-31(15-13-29)35-5-3-7-38-39(35)36-4-1-2-6-37(36)40(38)32-21-25-20-26(23-32)24-33(40)22-25;1-3-7-11(8-4-1)13-12-9-5-2-6-10-12/h1-29,35-36,42-43H,30-34H2;1-19,25-26,32-33H,20-24H2;1-10,13H.